The number of thiazole rings is 1. The van der Waals surface area contributed by atoms with Crippen LogP contribution in [0.5, 0.6) is 0 Å². The normalized spacial score (nSPS) is 11.3. The summed E-state index contributed by atoms with van der Waals surface area (Å²) < 4.78 is 0. The highest BCUT2D eigenvalue weighted by atomic mass is 35.5. The molecule has 0 aliphatic carbocycles. The Hall–Kier alpha value is -1.39. The van der Waals surface area contributed by atoms with Gasteiger partial charge >= 0.3 is 0 Å². The van der Waals surface area contributed by atoms with Crippen molar-refractivity contribution in [1.82, 2.24) is 10.3 Å². The van der Waals surface area contributed by atoms with Crippen molar-refractivity contribution in [3.8, 4) is 0 Å². The summed E-state index contributed by atoms with van der Waals surface area (Å²) in [5.41, 5.74) is 3.03. The Labute approximate surface area is 121 Å². The van der Waals surface area contributed by atoms with Gasteiger partial charge in [0.25, 0.3) is 5.91 Å². The van der Waals surface area contributed by atoms with E-state index < -0.39 is 0 Å². The average Bonchev–Trinajstić information content (AvgIpc) is 2.90. The molecule has 0 fully saturated rings. The van der Waals surface area contributed by atoms with Crippen LogP contribution in [-0.4, -0.2) is 17.4 Å². The zero-order valence-corrected chi connectivity index (χ0v) is 12.4. The van der Waals surface area contributed by atoms with E-state index in [0.717, 1.165) is 5.56 Å². The molecule has 0 aliphatic heterocycles. The van der Waals surface area contributed by atoms with Crippen LogP contribution < -0.4 is 5.32 Å². The van der Waals surface area contributed by atoms with Gasteiger partial charge in [0.15, 0.2) is 0 Å². The summed E-state index contributed by atoms with van der Waals surface area (Å²) in [7, 11) is 0. The van der Waals surface area contributed by atoms with Gasteiger partial charge in [0, 0.05) is 22.4 Å². The third-order valence-electron chi connectivity index (χ3n) is 2.96. The van der Waals surface area contributed by atoms with E-state index in [1.807, 2.05) is 24.3 Å². The molecule has 1 amide bonds. The third kappa shape index (κ3) is 3.55. The van der Waals surface area contributed by atoms with Crippen LogP contribution >= 0.6 is 22.9 Å². The van der Waals surface area contributed by atoms with Crippen LogP contribution in [0.1, 0.15) is 29.9 Å². The lowest BCUT2D eigenvalue weighted by Crippen LogP contribution is -2.36. The first-order chi connectivity index (χ1) is 8.99. The molecule has 0 saturated carbocycles. The number of halogens is 1. The van der Waals surface area contributed by atoms with Crippen LogP contribution in [0, 0.1) is 0 Å². The average molecular weight is 295 g/mol. The summed E-state index contributed by atoms with van der Waals surface area (Å²) in [4.78, 5) is 15.8. The molecule has 0 aliphatic rings. The van der Waals surface area contributed by atoms with Gasteiger partial charge in [-0.3, -0.25) is 4.79 Å². The van der Waals surface area contributed by atoms with E-state index in [1.165, 1.54) is 11.3 Å². The van der Waals surface area contributed by atoms with Gasteiger partial charge in [0.05, 0.1) is 5.51 Å². The molecule has 19 heavy (non-hydrogen) atoms. The third-order valence-corrected chi connectivity index (χ3v) is 3.78. The van der Waals surface area contributed by atoms with Crippen LogP contribution in [0.3, 0.4) is 0 Å². The molecule has 0 unspecified atom stereocenters. The quantitative estimate of drug-likeness (QED) is 0.937. The Balaban J connectivity index is 2.03. The van der Waals surface area contributed by atoms with E-state index in [2.05, 4.69) is 24.1 Å². The summed E-state index contributed by atoms with van der Waals surface area (Å²) in [6, 6.07) is 7.70. The first kappa shape index (κ1) is 14.0. The molecule has 0 atom stereocenters. The molecule has 2 aromatic rings. The molecule has 1 aromatic carbocycles. The highest BCUT2D eigenvalue weighted by Gasteiger charge is 2.22. The number of nitrogens with one attached hydrogen (secondary N) is 1. The number of nitrogens with zero attached hydrogens (tertiary/aromatic N) is 1. The molecule has 0 spiro atoms. The largest absolute Gasteiger partial charge is 0.350 e. The van der Waals surface area contributed by atoms with Crippen molar-refractivity contribution in [3.05, 3.63) is 51.4 Å². The lowest BCUT2D eigenvalue weighted by molar-refractivity contribution is 0.0941. The number of benzene rings is 1. The van der Waals surface area contributed by atoms with Gasteiger partial charge in [0.2, 0.25) is 0 Å². The monoisotopic (exact) mass is 294 g/mol. The van der Waals surface area contributed by atoms with Gasteiger partial charge < -0.3 is 5.32 Å². The molecular weight excluding hydrogens is 280 g/mol. The zero-order chi connectivity index (χ0) is 13.9. The van der Waals surface area contributed by atoms with Gasteiger partial charge in [-0.25, -0.2) is 4.98 Å². The lowest BCUT2D eigenvalue weighted by atomic mass is 9.84. The fourth-order valence-corrected chi connectivity index (χ4v) is 2.45. The van der Waals surface area contributed by atoms with E-state index >= 15 is 0 Å². The zero-order valence-electron chi connectivity index (χ0n) is 10.8. The number of carbonyl (C=O) groups is 1. The fourth-order valence-electron chi connectivity index (χ4n) is 1.73. The number of aromatic nitrogens is 1. The Kier molecular flexibility index (Phi) is 4.22. The number of hydrogen-bond acceptors (Lipinski definition) is 3. The van der Waals surface area contributed by atoms with E-state index in [0.29, 0.717) is 17.3 Å². The maximum Gasteiger partial charge on any atom is 0.270 e. The van der Waals surface area contributed by atoms with Crippen LogP contribution in [0.25, 0.3) is 0 Å². The van der Waals surface area contributed by atoms with Crippen LogP contribution in [0.15, 0.2) is 35.2 Å². The fraction of sp³-hybridized carbons (Fsp3) is 0.286. The Morgan fingerprint density at radius 3 is 2.89 bits per heavy atom. The maximum absolute atomic E-state index is 11.9. The smallest absolute Gasteiger partial charge is 0.270 e. The van der Waals surface area contributed by atoms with Crippen molar-refractivity contribution >= 4 is 28.8 Å². The molecule has 3 nitrogen and oxygen atoms in total. The van der Waals surface area contributed by atoms with Gasteiger partial charge in [-0.2, -0.15) is 0 Å². The first-order valence-electron chi connectivity index (χ1n) is 5.91. The predicted molar refractivity (Wildman–Crippen MR) is 78.9 cm³/mol. The van der Waals surface area contributed by atoms with Crippen molar-refractivity contribution in [3.63, 3.8) is 0 Å². The van der Waals surface area contributed by atoms with Gasteiger partial charge in [-0.15, -0.1) is 11.3 Å². The van der Waals surface area contributed by atoms with Crippen LogP contribution in [0.2, 0.25) is 5.02 Å². The van der Waals surface area contributed by atoms with E-state index in [9.17, 15) is 4.79 Å². The Morgan fingerprint density at radius 1 is 1.47 bits per heavy atom. The maximum atomic E-state index is 11.9. The molecule has 5 heteroatoms. The van der Waals surface area contributed by atoms with E-state index in [1.54, 1.807) is 10.9 Å². The molecular formula is C14H15ClN2OS. The summed E-state index contributed by atoms with van der Waals surface area (Å²) in [6.45, 7) is 4.67. The minimum atomic E-state index is -0.184. The van der Waals surface area contributed by atoms with Gasteiger partial charge in [-0.05, 0) is 17.7 Å². The van der Waals surface area contributed by atoms with Crippen LogP contribution in [-0.2, 0) is 5.41 Å². The Bertz CT molecular complexity index is 567. The van der Waals surface area contributed by atoms with Crippen molar-refractivity contribution < 1.29 is 4.79 Å². The predicted octanol–water partition coefficient (Wildman–Crippen LogP) is 3.50. The standard InChI is InChI=1S/C14H15ClN2OS/c1-14(2,10-4-3-5-11(15)6-10)8-16-13(18)12-7-19-9-17-12/h3-7,9H,8H2,1-2H3,(H,16,18). The minimum Gasteiger partial charge on any atom is -0.350 e. The topological polar surface area (TPSA) is 42.0 Å². The first-order valence-corrected chi connectivity index (χ1v) is 7.23. The van der Waals surface area contributed by atoms with Crippen molar-refractivity contribution in [2.75, 3.05) is 6.54 Å². The molecule has 1 heterocycles. The summed E-state index contributed by atoms with van der Waals surface area (Å²) in [5, 5.41) is 5.35. The molecule has 1 N–H and O–H groups in total. The molecule has 2 rings (SSSR count). The second kappa shape index (κ2) is 5.72. The van der Waals surface area contributed by atoms with Crippen molar-refractivity contribution in [1.29, 1.82) is 0 Å². The van der Waals surface area contributed by atoms with Crippen LogP contribution in [0.4, 0.5) is 0 Å². The lowest BCUT2D eigenvalue weighted by Gasteiger charge is -2.25. The van der Waals surface area contributed by atoms with E-state index in [4.69, 9.17) is 11.6 Å². The molecule has 0 saturated heterocycles. The highest BCUT2D eigenvalue weighted by molar-refractivity contribution is 7.07. The molecule has 0 bridgehead atoms. The van der Waals surface area contributed by atoms with Gasteiger partial charge in [-0.1, -0.05) is 37.6 Å². The minimum absolute atomic E-state index is 0.142. The molecule has 1 aromatic heterocycles. The van der Waals surface area contributed by atoms with Gasteiger partial charge in [0.1, 0.15) is 5.69 Å². The summed E-state index contributed by atoms with van der Waals surface area (Å²) >= 11 is 7.41. The number of hydrogen-bond donors (Lipinski definition) is 1. The van der Waals surface area contributed by atoms with Crippen molar-refractivity contribution in [2.24, 2.45) is 0 Å². The van der Waals surface area contributed by atoms with E-state index in [-0.39, 0.29) is 11.3 Å². The number of carbonyl (C=O) groups excluding carboxylic acids is 1. The number of rotatable bonds is 4. The second-order valence-electron chi connectivity index (χ2n) is 4.95. The second-order valence-corrected chi connectivity index (χ2v) is 6.11. The SMILES string of the molecule is CC(C)(CNC(=O)c1cscn1)c1cccc(Cl)c1. The van der Waals surface area contributed by atoms with Crippen molar-refractivity contribution in [2.45, 2.75) is 19.3 Å². The molecule has 0 radical (unpaired) electrons. The summed E-state index contributed by atoms with van der Waals surface area (Å²) in [6.07, 6.45) is 0. The highest BCUT2D eigenvalue weighted by Crippen LogP contribution is 2.24. The molecule has 100 valence electrons. The number of amides is 1. The summed E-state index contributed by atoms with van der Waals surface area (Å²) in [5.74, 6) is -0.142. The Morgan fingerprint density at radius 2 is 2.26 bits per heavy atom.